The number of nitrogens with zero attached hydrogens (tertiary/aromatic N) is 1. The Bertz CT molecular complexity index is 646. The third kappa shape index (κ3) is 1.74. The van der Waals surface area contributed by atoms with Crippen LogP contribution in [0.25, 0.3) is 10.2 Å². The summed E-state index contributed by atoms with van der Waals surface area (Å²) in [6.45, 7) is 0. The van der Waals surface area contributed by atoms with Gasteiger partial charge in [-0.25, -0.2) is 4.79 Å². The summed E-state index contributed by atoms with van der Waals surface area (Å²) in [4.78, 5) is 27.0. The Hall–Kier alpha value is -1.36. The molecular weight excluding hydrogens is 236 g/mol. The minimum Gasteiger partial charge on any atom is -0.306 e. The Morgan fingerprint density at radius 2 is 2.00 bits per heavy atom. The molecule has 0 radical (unpaired) electrons. The molecule has 4 nitrogen and oxygen atoms in total. The molecule has 0 amide bonds. The topological polar surface area (TPSA) is 54.9 Å². The van der Waals surface area contributed by atoms with Crippen LogP contribution in [0.5, 0.6) is 0 Å². The van der Waals surface area contributed by atoms with Crippen molar-refractivity contribution in [3.05, 3.63) is 32.3 Å². The first-order valence-electron chi connectivity index (χ1n) is 5.99. The van der Waals surface area contributed by atoms with Gasteiger partial charge in [0.15, 0.2) is 0 Å². The number of nitrogens with one attached hydrogen (secondary N) is 1. The summed E-state index contributed by atoms with van der Waals surface area (Å²) in [6, 6.07) is 1.88. The lowest BCUT2D eigenvalue weighted by Gasteiger charge is -2.22. The maximum absolute atomic E-state index is 12.3. The molecule has 3 rings (SSSR count). The van der Waals surface area contributed by atoms with Gasteiger partial charge >= 0.3 is 5.69 Å². The average Bonchev–Trinajstić information content (AvgIpc) is 2.78. The molecule has 90 valence electrons. The molecule has 0 saturated heterocycles. The Labute approximate surface area is 102 Å². The van der Waals surface area contributed by atoms with Crippen LogP contribution in [0.3, 0.4) is 0 Å². The molecule has 0 aliphatic heterocycles. The van der Waals surface area contributed by atoms with E-state index in [1.807, 2.05) is 5.38 Å². The summed E-state index contributed by atoms with van der Waals surface area (Å²) in [7, 11) is 0. The number of aromatic amines is 1. The fourth-order valence-corrected chi connectivity index (χ4v) is 3.41. The van der Waals surface area contributed by atoms with Crippen molar-refractivity contribution in [1.82, 2.24) is 9.55 Å². The zero-order valence-electron chi connectivity index (χ0n) is 9.44. The van der Waals surface area contributed by atoms with E-state index in [4.69, 9.17) is 0 Å². The second-order valence-electron chi connectivity index (χ2n) is 4.56. The van der Waals surface area contributed by atoms with Crippen molar-refractivity contribution in [3.63, 3.8) is 0 Å². The van der Waals surface area contributed by atoms with E-state index in [0.29, 0.717) is 10.2 Å². The van der Waals surface area contributed by atoms with Crippen molar-refractivity contribution in [2.75, 3.05) is 0 Å². The van der Waals surface area contributed by atoms with Crippen molar-refractivity contribution in [2.24, 2.45) is 0 Å². The highest BCUT2D eigenvalue weighted by Crippen LogP contribution is 2.26. The lowest BCUT2D eigenvalue weighted by molar-refractivity contribution is 0.338. The van der Waals surface area contributed by atoms with Gasteiger partial charge in [0.1, 0.15) is 4.70 Å². The quantitative estimate of drug-likeness (QED) is 0.844. The molecule has 2 aromatic rings. The van der Waals surface area contributed by atoms with Crippen molar-refractivity contribution >= 4 is 21.6 Å². The maximum atomic E-state index is 12.3. The summed E-state index contributed by atoms with van der Waals surface area (Å²) in [6.07, 6.45) is 5.32. The van der Waals surface area contributed by atoms with Gasteiger partial charge < -0.3 is 4.98 Å². The molecule has 1 aliphatic rings. The lowest BCUT2D eigenvalue weighted by atomic mass is 9.95. The monoisotopic (exact) mass is 250 g/mol. The van der Waals surface area contributed by atoms with Crippen LogP contribution < -0.4 is 11.2 Å². The van der Waals surface area contributed by atoms with Gasteiger partial charge in [-0.3, -0.25) is 9.36 Å². The Morgan fingerprint density at radius 1 is 1.24 bits per heavy atom. The summed E-state index contributed by atoms with van der Waals surface area (Å²) >= 11 is 1.40. The van der Waals surface area contributed by atoms with Crippen LogP contribution in [0.1, 0.15) is 38.1 Å². The van der Waals surface area contributed by atoms with Crippen LogP contribution in [-0.4, -0.2) is 9.55 Å². The van der Waals surface area contributed by atoms with Gasteiger partial charge in [0.2, 0.25) is 0 Å². The van der Waals surface area contributed by atoms with Crippen LogP contribution in [0.4, 0.5) is 0 Å². The number of rotatable bonds is 1. The van der Waals surface area contributed by atoms with E-state index >= 15 is 0 Å². The van der Waals surface area contributed by atoms with E-state index < -0.39 is 0 Å². The van der Waals surface area contributed by atoms with Crippen LogP contribution in [0.2, 0.25) is 0 Å². The molecule has 2 aromatic heterocycles. The summed E-state index contributed by atoms with van der Waals surface area (Å²) in [5.74, 6) is 0. The minimum absolute atomic E-state index is 0.0894. The second-order valence-corrected chi connectivity index (χ2v) is 5.48. The molecule has 5 heteroatoms. The average molecular weight is 250 g/mol. The predicted octanol–water partition coefficient (Wildman–Crippen LogP) is 2.26. The normalized spacial score (nSPS) is 17.6. The van der Waals surface area contributed by atoms with E-state index in [2.05, 4.69) is 4.98 Å². The molecule has 0 unspecified atom stereocenters. The number of fused-ring (bicyclic) bond motifs is 1. The number of hydrogen-bond acceptors (Lipinski definition) is 3. The van der Waals surface area contributed by atoms with Crippen LogP contribution in [0.15, 0.2) is 21.0 Å². The van der Waals surface area contributed by atoms with Gasteiger partial charge in [-0.2, -0.15) is 0 Å². The number of thiophene rings is 1. The van der Waals surface area contributed by atoms with Gasteiger partial charge in [0.25, 0.3) is 5.56 Å². The van der Waals surface area contributed by atoms with Crippen LogP contribution in [-0.2, 0) is 0 Å². The van der Waals surface area contributed by atoms with Gasteiger partial charge in [-0.1, -0.05) is 19.3 Å². The highest BCUT2D eigenvalue weighted by molar-refractivity contribution is 7.17. The first-order valence-corrected chi connectivity index (χ1v) is 6.87. The fourth-order valence-electron chi connectivity index (χ4n) is 2.62. The Morgan fingerprint density at radius 3 is 2.76 bits per heavy atom. The summed E-state index contributed by atoms with van der Waals surface area (Å²) in [5, 5.41) is 1.84. The summed E-state index contributed by atoms with van der Waals surface area (Å²) < 4.78 is 2.09. The van der Waals surface area contributed by atoms with Crippen molar-refractivity contribution in [1.29, 1.82) is 0 Å². The molecule has 0 bridgehead atoms. The zero-order chi connectivity index (χ0) is 11.8. The number of hydrogen-bond donors (Lipinski definition) is 1. The largest absolute Gasteiger partial charge is 0.329 e. The molecule has 2 heterocycles. The van der Waals surface area contributed by atoms with Crippen molar-refractivity contribution in [3.8, 4) is 0 Å². The lowest BCUT2D eigenvalue weighted by Crippen LogP contribution is -2.38. The van der Waals surface area contributed by atoms with Gasteiger partial charge in [-0.05, 0) is 24.3 Å². The highest BCUT2D eigenvalue weighted by atomic mass is 32.1. The smallest absolute Gasteiger partial charge is 0.306 e. The van der Waals surface area contributed by atoms with Crippen LogP contribution >= 0.6 is 11.3 Å². The van der Waals surface area contributed by atoms with Crippen molar-refractivity contribution < 1.29 is 0 Å². The SMILES string of the molecule is O=c1[nH]c2ccsc2c(=O)n1C1CCCCC1. The van der Waals surface area contributed by atoms with E-state index in [9.17, 15) is 9.59 Å². The van der Waals surface area contributed by atoms with E-state index in [0.717, 1.165) is 25.7 Å². The molecule has 1 fully saturated rings. The third-order valence-electron chi connectivity index (χ3n) is 3.48. The zero-order valence-corrected chi connectivity index (χ0v) is 10.3. The highest BCUT2D eigenvalue weighted by Gasteiger charge is 2.20. The van der Waals surface area contributed by atoms with Crippen molar-refractivity contribution in [2.45, 2.75) is 38.1 Å². The molecular formula is C12H14N2O2S. The molecule has 0 spiro atoms. The molecule has 0 aromatic carbocycles. The van der Waals surface area contributed by atoms with E-state index in [1.165, 1.54) is 22.3 Å². The molecule has 1 N–H and O–H groups in total. The minimum atomic E-state index is -0.257. The van der Waals surface area contributed by atoms with Crippen LogP contribution in [0, 0.1) is 0 Å². The maximum Gasteiger partial charge on any atom is 0.329 e. The molecule has 0 atom stereocenters. The first kappa shape index (κ1) is 10.8. The molecule has 17 heavy (non-hydrogen) atoms. The van der Waals surface area contributed by atoms with E-state index in [-0.39, 0.29) is 17.3 Å². The van der Waals surface area contributed by atoms with Gasteiger partial charge in [-0.15, -0.1) is 11.3 Å². The standard InChI is InChI=1S/C12H14N2O2S/c15-11-10-9(6-7-17-10)13-12(16)14(11)8-4-2-1-3-5-8/h6-8H,1-5H2,(H,13,16). The van der Waals surface area contributed by atoms with Gasteiger partial charge in [0, 0.05) is 6.04 Å². The Balaban J connectivity index is 2.20. The molecule has 1 saturated carbocycles. The van der Waals surface area contributed by atoms with Gasteiger partial charge in [0.05, 0.1) is 5.52 Å². The predicted molar refractivity (Wildman–Crippen MR) is 68.8 cm³/mol. The number of aromatic nitrogens is 2. The first-order chi connectivity index (χ1) is 8.27. The third-order valence-corrected chi connectivity index (χ3v) is 4.38. The second kappa shape index (κ2) is 4.14. The summed E-state index contributed by atoms with van der Waals surface area (Å²) in [5.41, 5.74) is 0.288. The Kier molecular flexibility index (Phi) is 2.63. The number of H-pyrrole nitrogens is 1. The fraction of sp³-hybridized carbons (Fsp3) is 0.500. The molecule has 1 aliphatic carbocycles. The van der Waals surface area contributed by atoms with E-state index in [1.54, 1.807) is 6.07 Å².